The van der Waals surface area contributed by atoms with Crippen molar-refractivity contribution in [2.24, 2.45) is 0 Å². The lowest BCUT2D eigenvalue weighted by molar-refractivity contribution is 0.168. The first-order valence-electron chi connectivity index (χ1n) is 11.1. The van der Waals surface area contributed by atoms with E-state index in [0.717, 1.165) is 6.26 Å². The summed E-state index contributed by atoms with van der Waals surface area (Å²) >= 11 is 6.32. The lowest BCUT2D eigenvalue weighted by Crippen LogP contribution is -2.37. The molecule has 0 spiro atoms. The van der Waals surface area contributed by atoms with Crippen LogP contribution in [-0.2, 0) is 20.2 Å². The van der Waals surface area contributed by atoms with Gasteiger partial charge in [-0.3, -0.25) is 4.72 Å². The first kappa shape index (κ1) is 27.2. The van der Waals surface area contributed by atoms with Gasteiger partial charge in [-0.1, -0.05) is 32.4 Å². The molecule has 194 valence electrons. The first-order chi connectivity index (χ1) is 16.7. The number of carbonyl (C=O) groups excluding carboxylic acids is 1. The van der Waals surface area contributed by atoms with Gasteiger partial charge in [0.05, 0.1) is 36.1 Å². The minimum atomic E-state index is -3.50. The minimum absolute atomic E-state index is 0.229. The van der Waals surface area contributed by atoms with Gasteiger partial charge in [-0.15, -0.1) is 0 Å². The second-order valence-corrected chi connectivity index (χ2v) is 11.5. The normalized spacial score (nSPS) is 12.6. The Labute approximate surface area is 215 Å². The number of sulfonamides is 1. The molecule has 1 aromatic carbocycles. The van der Waals surface area contributed by atoms with E-state index >= 15 is 0 Å². The molecule has 2 aromatic heterocycles. The number of imidazole rings is 1. The maximum atomic E-state index is 11.8. The summed E-state index contributed by atoms with van der Waals surface area (Å²) in [5.41, 5.74) is 2.38. The molecule has 3 aromatic rings. The van der Waals surface area contributed by atoms with Gasteiger partial charge in [0.2, 0.25) is 16.0 Å². The van der Waals surface area contributed by atoms with Gasteiger partial charge < -0.3 is 20.4 Å². The van der Waals surface area contributed by atoms with Crippen molar-refractivity contribution in [3.05, 3.63) is 41.3 Å². The third-order valence-electron chi connectivity index (χ3n) is 4.92. The van der Waals surface area contributed by atoms with Crippen LogP contribution in [0.5, 0.6) is 0 Å². The molecule has 0 aliphatic rings. The summed E-state index contributed by atoms with van der Waals surface area (Å²) in [4.78, 5) is 28.5. The SMILES string of the molecule is COC(=O)NC(C)CNc1nccc(-c2[nH]c(C(C)(C)C)nc2-c2cc(Cl)cc(NS(C)(=O)=O)c2)n1. The summed E-state index contributed by atoms with van der Waals surface area (Å²) in [6.07, 6.45) is 2.16. The number of H-pyrrole nitrogens is 1. The maximum Gasteiger partial charge on any atom is 0.407 e. The number of halogens is 1. The van der Waals surface area contributed by atoms with Crippen molar-refractivity contribution < 1.29 is 17.9 Å². The highest BCUT2D eigenvalue weighted by Gasteiger charge is 2.24. The second kappa shape index (κ2) is 10.7. The van der Waals surface area contributed by atoms with Gasteiger partial charge >= 0.3 is 6.09 Å². The zero-order valence-electron chi connectivity index (χ0n) is 20.9. The van der Waals surface area contributed by atoms with Gasteiger partial charge in [0.15, 0.2) is 0 Å². The van der Waals surface area contributed by atoms with E-state index in [1.807, 2.05) is 27.7 Å². The number of nitrogens with one attached hydrogen (secondary N) is 4. The molecule has 0 radical (unpaired) electrons. The summed E-state index contributed by atoms with van der Waals surface area (Å²) in [5, 5.41) is 6.12. The molecular weight excluding hydrogens is 506 g/mol. The van der Waals surface area contributed by atoms with Gasteiger partial charge in [0, 0.05) is 34.8 Å². The number of anilines is 2. The Balaban J connectivity index is 2.01. The first-order valence-corrected chi connectivity index (χ1v) is 13.3. The Morgan fingerprint density at radius 3 is 2.58 bits per heavy atom. The Hall–Kier alpha value is -3.38. The van der Waals surface area contributed by atoms with Crippen LogP contribution < -0.4 is 15.4 Å². The number of alkyl carbamates (subject to hydrolysis) is 1. The van der Waals surface area contributed by atoms with Crippen molar-refractivity contribution >= 4 is 39.4 Å². The lowest BCUT2D eigenvalue weighted by atomic mass is 9.96. The molecule has 13 heteroatoms. The molecule has 4 N–H and O–H groups in total. The molecule has 0 aliphatic heterocycles. The molecule has 0 aliphatic carbocycles. The van der Waals surface area contributed by atoms with Crippen molar-refractivity contribution in [3.8, 4) is 22.6 Å². The highest BCUT2D eigenvalue weighted by Crippen LogP contribution is 2.35. The van der Waals surface area contributed by atoms with Crippen LogP contribution in [0.1, 0.15) is 33.5 Å². The Kier molecular flexibility index (Phi) is 8.09. The van der Waals surface area contributed by atoms with Gasteiger partial charge in [-0.25, -0.2) is 28.2 Å². The molecule has 1 amide bonds. The highest BCUT2D eigenvalue weighted by molar-refractivity contribution is 7.92. The van der Waals surface area contributed by atoms with E-state index < -0.39 is 16.1 Å². The zero-order chi connectivity index (χ0) is 26.7. The lowest BCUT2D eigenvalue weighted by Gasteiger charge is -2.14. The van der Waals surface area contributed by atoms with Gasteiger partial charge in [0.25, 0.3) is 0 Å². The minimum Gasteiger partial charge on any atom is -0.453 e. The molecule has 36 heavy (non-hydrogen) atoms. The van der Waals surface area contributed by atoms with Crippen LogP contribution in [0.2, 0.25) is 5.02 Å². The summed E-state index contributed by atoms with van der Waals surface area (Å²) < 4.78 is 30.6. The number of aromatic nitrogens is 4. The highest BCUT2D eigenvalue weighted by atomic mass is 35.5. The van der Waals surface area contributed by atoms with Crippen LogP contribution in [0.3, 0.4) is 0 Å². The number of ether oxygens (including phenoxy) is 1. The van der Waals surface area contributed by atoms with Crippen LogP contribution in [0.4, 0.5) is 16.4 Å². The maximum absolute atomic E-state index is 11.8. The number of carbonyl (C=O) groups is 1. The number of rotatable bonds is 8. The van der Waals surface area contributed by atoms with Crippen LogP contribution in [0.25, 0.3) is 22.6 Å². The molecule has 2 heterocycles. The van der Waals surface area contributed by atoms with E-state index in [9.17, 15) is 13.2 Å². The van der Waals surface area contributed by atoms with E-state index in [1.54, 1.807) is 24.4 Å². The van der Waals surface area contributed by atoms with E-state index in [4.69, 9.17) is 16.6 Å². The van der Waals surface area contributed by atoms with Gasteiger partial charge in [0.1, 0.15) is 5.82 Å². The number of benzene rings is 1. The smallest absolute Gasteiger partial charge is 0.407 e. The van der Waals surface area contributed by atoms with Crippen molar-refractivity contribution in [3.63, 3.8) is 0 Å². The number of hydrogen-bond donors (Lipinski definition) is 4. The van der Waals surface area contributed by atoms with Crippen LogP contribution in [0, 0.1) is 0 Å². The van der Waals surface area contributed by atoms with Crippen molar-refractivity contribution in [1.82, 2.24) is 25.3 Å². The van der Waals surface area contributed by atoms with Gasteiger partial charge in [-0.2, -0.15) is 0 Å². The average molecular weight is 536 g/mol. The van der Waals surface area contributed by atoms with Crippen molar-refractivity contribution in [2.45, 2.75) is 39.2 Å². The Morgan fingerprint density at radius 1 is 1.22 bits per heavy atom. The predicted octanol–water partition coefficient (Wildman–Crippen LogP) is 4.01. The Bertz CT molecular complexity index is 1350. The number of amides is 1. The number of aromatic amines is 1. The summed E-state index contributed by atoms with van der Waals surface area (Å²) in [6.45, 7) is 8.26. The molecule has 11 nitrogen and oxygen atoms in total. The Morgan fingerprint density at radius 2 is 1.94 bits per heavy atom. The van der Waals surface area contributed by atoms with E-state index in [0.29, 0.717) is 51.7 Å². The monoisotopic (exact) mass is 535 g/mol. The van der Waals surface area contributed by atoms with Crippen LogP contribution in [0.15, 0.2) is 30.5 Å². The molecule has 0 fully saturated rings. The van der Waals surface area contributed by atoms with E-state index in [2.05, 4.69) is 35.0 Å². The van der Waals surface area contributed by atoms with Gasteiger partial charge in [-0.05, 0) is 31.2 Å². The topological polar surface area (TPSA) is 151 Å². The molecule has 3 rings (SSSR count). The number of hydrogen-bond acceptors (Lipinski definition) is 8. The summed E-state index contributed by atoms with van der Waals surface area (Å²) in [6, 6.07) is 6.41. The quantitative estimate of drug-likeness (QED) is 0.337. The fraction of sp³-hybridized carbons (Fsp3) is 0.391. The fourth-order valence-electron chi connectivity index (χ4n) is 3.26. The van der Waals surface area contributed by atoms with Crippen LogP contribution in [-0.4, -0.2) is 60.4 Å². The standard InChI is InChI=1S/C23H30ClN7O4S/c1-13(27-22(32)35-5)12-26-21-25-8-7-17(28-21)19-18(29-20(30-19)23(2,3)4)14-9-15(24)11-16(10-14)31-36(6,33)34/h7-11,13,31H,12H2,1-6H3,(H,27,32)(H,29,30)(H,25,26,28). The largest absolute Gasteiger partial charge is 0.453 e. The predicted molar refractivity (Wildman–Crippen MR) is 141 cm³/mol. The molecule has 0 bridgehead atoms. The van der Waals surface area contributed by atoms with E-state index in [-0.39, 0.29) is 11.5 Å². The molecule has 1 atom stereocenters. The number of methoxy groups -OCH3 is 1. The summed E-state index contributed by atoms with van der Waals surface area (Å²) in [7, 11) is -2.20. The van der Waals surface area contributed by atoms with Crippen LogP contribution >= 0.6 is 11.6 Å². The number of nitrogens with zero attached hydrogens (tertiary/aromatic N) is 3. The molecule has 1 unspecified atom stereocenters. The third-order valence-corrected chi connectivity index (χ3v) is 5.74. The second-order valence-electron chi connectivity index (χ2n) is 9.35. The van der Waals surface area contributed by atoms with Crippen molar-refractivity contribution in [1.29, 1.82) is 0 Å². The average Bonchev–Trinajstić information content (AvgIpc) is 3.22. The third kappa shape index (κ3) is 7.31. The molecule has 0 saturated carbocycles. The fourth-order valence-corrected chi connectivity index (χ4v) is 4.04. The summed E-state index contributed by atoms with van der Waals surface area (Å²) in [5.74, 6) is 1.07. The van der Waals surface area contributed by atoms with Crippen molar-refractivity contribution in [2.75, 3.05) is 29.9 Å². The molecule has 0 saturated heterocycles. The zero-order valence-corrected chi connectivity index (χ0v) is 22.5. The molecular formula is C23H30ClN7O4S. The van der Waals surface area contributed by atoms with E-state index in [1.165, 1.54) is 13.2 Å².